The predicted molar refractivity (Wildman–Crippen MR) is 53.5 cm³/mol. The van der Waals surface area contributed by atoms with Crippen LogP contribution in [0.5, 0.6) is 0 Å². The van der Waals surface area contributed by atoms with Crippen molar-refractivity contribution in [2.75, 3.05) is 18.0 Å². The van der Waals surface area contributed by atoms with Gasteiger partial charge in [0.25, 0.3) is 0 Å². The van der Waals surface area contributed by atoms with E-state index in [2.05, 4.69) is 28.7 Å². The Morgan fingerprint density at radius 2 is 2.00 bits per heavy atom. The van der Waals surface area contributed by atoms with E-state index < -0.39 is 0 Å². The summed E-state index contributed by atoms with van der Waals surface area (Å²) in [6.07, 6.45) is 1.57. The molecule has 0 atom stereocenters. The fourth-order valence-electron chi connectivity index (χ4n) is 1.22. The molecular formula is C9H16N4. The summed E-state index contributed by atoms with van der Waals surface area (Å²) in [4.78, 5) is 10.4. The second kappa shape index (κ2) is 4.77. The molecule has 1 aromatic rings. The lowest BCUT2D eigenvalue weighted by Crippen LogP contribution is -2.23. The number of aromatic nitrogens is 2. The van der Waals surface area contributed by atoms with Crippen LogP contribution < -0.4 is 10.6 Å². The van der Waals surface area contributed by atoms with Crippen LogP contribution in [-0.4, -0.2) is 23.1 Å². The van der Waals surface area contributed by atoms with Crippen molar-refractivity contribution in [3.05, 3.63) is 18.1 Å². The van der Waals surface area contributed by atoms with Crippen LogP contribution in [0.4, 0.5) is 5.82 Å². The van der Waals surface area contributed by atoms with E-state index in [1.165, 1.54) is 0 Å². The highest BCUT2D eigenvalue weighted by Crippen LogP contribution is 2.09. The van der Waals surface area contributed by atoms with Gasteiger partial charge in [0.1, 0.15) is 12.1 Å². The lowest BCUT2D eigenvalue weighted by atomic mass is 10.3. The van der Waals surface area contributed by atoms with E-state index in [9.17, 15) is 0 Å². The lowest BCUT2D eigenvalue weighted by Gasteiger charge is -2.19. The number of hydrogen-bond donors (Lipinski definition) is 1. The number of hydrogen-bond acceptors (Lipinski definition) is 4. The summed E-state index contributed by atoms with van der Waals surface area (Å²) in [7, 11) is 0. The summed E-state index contributed by atoms with van der Waals surface area (Å²) >= 11 is 0. The summed E-state index contributed by atoms with van der Waals surface area (Å²) in [5, 5.41) is 0. The molecule has 0 unspecified atom stereocenters. The smallest absolute Gasteiger partial charge is 0.132 e. The fourth-order valence-corrected chi connectivity index (χ4v) is 1.22. The average Bonchev–Trinajstić information content (AvgIpc) is 2.20. The van der Waals surface area contributed by atoms with Crippen LogP contribution in [0, 0.1) is 0 Å². The van der Waals surface area contributed by atoms with Gasteiger partial charge in [0, 0.05) is 25.7 Å². The molecule has 1 aromatic heterocycles. The zero-order valence-electron chi connectivity index (χ0n) is 8.20. The maximum atomic E-state index is 5.49. The Morgan fingerprint density at radius 1 is 1.31 bits per heavy atom. The molecule has 2 N–H and O–H groups in total. The molecule has 13 heavy (non-hydrogen) atoms. The van der Waals surface area contributed by atoms with Gasteiger partial charge in [-0.05, 0) is 13.8 Å². The molecular weight excluding hydrogens is 164 g/mol. The molecule has 0 saturated carbocycles. The van der Waals surface area contributed by atoms with Crippen LogP contribution in [0.2, 0.25) is 0 Å². The first kappa shape index (κ1) is 9.92. The molecule has 1 rings (SSSR count). The van der Waals surface area contributed by atoms with Gasteiger partial charge in [-0.2, -0.15) is 0 Å². The first-order valence-corrected chi connectivity index (χ1v) is 4.57. The molecule has 1 heterocycles. The van der Waals surface area contributed by atoms with Crippen molar-refractivity contribution in [2.45, 2.75) is 20.4 Å². The predicted octanol–water partition coefficient (Wildman–Crippen LogP) is 0.781. The van der Waals surface area contributed by atoms with E-state index in [1.54, 1.807) is 6.33 Å². The van der Waals surface area contributed by atoms with Gasteiger partial charge in [-0.1, -0.05) is 0 Å². The van der Waals surface area contributed by atoms with Crippen molar-refractivity contribution in [1.29, 1.82) is 0 Å². The zero-order valence-corrected chi connectivity index (χ0v) is 8.20. The second-order valence-corrected chi connectivity index (χ2v) is 2.74. The van der Waals surface area contributed by atoms with Gasteiger partial charge >= 0.3 is 0 Å². The standard InChI is InChI=1S/C9H16N4/c1-3-13(4-2)9-5-8(6-10)11-7-12-9/h5,7H,3-4,6,10H2,1-2H3. The molecule has 0 aliphatic carbocycles. The van der Waals surface area contributed by atoms with Gasteiger partial charge in [0.15, 0.2) is 0 Å². The third-order valence-corrected chi connectivity index (χ3v) is 2.01. The van der Waals surface area contributed by atoms with Crippen LogP contribution in [-0.2, 0) is 6.54 Å². The molecule has 0 bridgehead atoms. The largest absolute Gasteiger partial charge is 0.357 e. The first-order chi connectivity index (χ1) is 6.31. The summed E-state index contributed by atoms with van der Waals surface area (Å²) in [5.74, 6) is 0.959. The van der Waals surface area contributed by atoms with Crippen molar-refractivity contribution in [3.8, 4) is 0 Å². The van der Waals surface area contributed by atoms with Gasteiger partial charge in [0.2, 0.25) is 0 Å². The Labute approximate surface area is 78.8 Å². The normalized spacial score (nSPS) is 10.1. The summed E-state index contributed by atoms with van der Waals surface area (Å²) in [6.45, 7) is 6.59. The molecule has 0 aromatic carbocycles. The molecule has 0 aliphatic rings. The van der Waals surface area contributed by atoms with Crippen LogP contribution in [0.1, 0.15) is 19.5 Å². The first-order valence-electron chi connectivity index (χ1n) is 4.57. The number of nitrogens with zero attached hydrogens (tertiary/aromatic N) is 3. The highest BCUT2D eigenvalue weighted by atomic mass is 15.2. The fraction of sp³-hybridized carbons (Fsp3) is 0.556. The van der Waals surface area contributed by atoms with Crippen molar-refractivity contribution >= 4 is 5.82 Å². The number of anilines is 1. The van der Waals surface area contributed by atoms with E-state index in [0.29, 0.717) is 6.54 Å². The molecule has 0 amide bonds. The minimum absolute atomic E-state index is 0.469. The molecule has 4 nitrogen and oxygen atoms in total. The molecule has 0 spiro atoms. The highest BCUT2D eigenvalue weighted by Gasteiger charge is 2.03. The van der Waals surface area contributed by atoms with Crippen LogP contribution in [0.15, 0.2) is 12.4 Å². The molecule has 4 heteroatoms. The van der Waals surface area contributed by atoms with E-state index in [4.69, 9.17) is 5.73 Å². The highest BCUT2D eigenvalue weighted by molar-refractivity contribution is 5.38. The van der Waals surface area contributed by atoms with Crippen molar-refractivity contribution in [1.82, 2.24) is 9.97 Å². The lowest BCUT2D eigenvalue weighted by molar-refractivity contribution is 0.832. The average molecular weight is 180 g/mol. The minimum atomic E-state index is 0.469. The zero-order chi connectivity index (χ0) is 9.68. The Kier molecular flexibility index (Phi) is 3.64. The van der Waals surface area contributed by atoms with E-state index in [0.717, 1.165) is 24.6 Å². The Bertz CT molecular complexity index is 258. The maximum Gasteiger partial charge on any atom is 0.132 e. The van der Waals surface area contributed by atoms with Crippen LogP contribution >= 0.6 is 0 Å². The second-order valence-electron chi connectivity index (χ2n) is 2.74. The topological polar surface area (TPSA) is 55.0 Å². The monoisotopic (exact) mass is 180 g/mol. The summed E-state index contributed by atoms with van der Waals surface area (Å²) in [5.41, 5.74) is 6.38. The van der Waals surface area contributed by atoms with Gasteiger partial charge in [-0.3, -0.25) is 0 Å². The van der Waals surface area contributed by atoms with Crippen molar-refractivity contribution in [3.63, 3.8) is 0 Å². The Hall–Kier alpha value is -1.16. The number of rotatable bonds is 4. The van der Waals surface area contributed by atoms with Crippen LogP contribution in [0.3, 0.4) is 0 Å². The van der Waals surface area contributed by atoms with E-state index in [1.807, 2.05) is 6.07 Å². The van der Waals surface area contributed by atoms with E-state index in [-0.39, 0.29) is 0 Å². The SMILES string of the molecule is CCN(CC)c1cc(CN)ncn1. The minimum Gasteiger partial charge on any atom is -0.357 e. The Morgan fingerprint density at radius 3 is 2.54 bits per heavy atom. The Balaban J connectivity index is 2.86. The summed E-state index contributed by atoms with van der Waals surface area (Å²) in [6, 6.07) is 1.94. The summed E-state index contributed by atoms with van der Waals surface area (Å²) < 4.78 is 0. The quantitative estimate of drug-likeness (QED) is 0.744. The molecule has 0 fully saturated rings. The third-order valence-electron chi connectivity index (χ3n) is 2.01. The van der Waals surface area contributed by atoms with Gasteiger partial charge in [0.05, 0.1) is 5.69 Å². The molecule has 0 radical (unpaired) electrons. The van der Waals surface area contributed by atoms with Crippen molar-refractivity contribution in [2.24, 2.45) is 5.73 Å². The third kappa shape index (κ3) is 2.39. The van der Waals surface area contributed by atoms with Gasteiger partial charge in [-0.25, -0.2) is 9.97 Å². The van der Waals surface area contributed by atoms with E-state index >= 15 is 0 Å². The van der Waals surface area contributed by atoms with Crippen LogP contribution in [0.25, 0.3) is 0 Å². The molecule has 0 saturated heterocycles. The van der Waals surface area contributed by atoms with Gasteiger partial charge < -0.3 is 10.6 Å². The molecule has 0 aliphatic heterocycles. The van der Waals surface area contributed by atoms with Crippen molar-refractivity contribution < 1.29 is 0 Å². The van der Waals surface area contributed by atoms with Gasteiger partial charge in [-0.15, -0.1) is 0 Å². The molecule has 72 valence electrons. The maximum absolute atomic E-state index is 5.49. The number of nitrogens with two attached hydrogens (primary N) is 1.